The monoisotopic (exact) mass is 634 g/mol. The molecule has 0 saturated carbocycles. The molecule has 230 valence electrons. The van der Waals surface area contributed by atoms with Crippen molar-refractivity contribution in [3.8, 4) is 11.4 Å². The van der Waals surface area contributed by atoms with E-state index in [1.165, 1.54) is 4.90 Å². The second-order valence-electron chi connectivity index (χ2n) is 11.0. The van der Waals surface area contributed by atoms with E-state index in [1.807, 2.05) is 41.8 Å². The van der Waals surface area contributed by atoms with Crippen LogP contribution in [0.5, 0.6) is 5.75 Å². The molecule has 0 radical (unpaired) electrons. The summed E-state index contributed by atoms with van der Waals surface area (Å²) in [7, 11) is 0.774. The number of hydrogen-bond acceptors (Lipinski definition) is 7. The van der Waals surface area contributed by atoms with Gasteiger partial charge in [0.2, 0.25) is 5.91 Å². The Labute approximate surface area is 262 Å². The molecule has 0 saturated heterocycles. The Kier molecular flexibility index (Phi) is 8.98. The van der Waals surface area contributed by atoms with Crippen molar-refractivity contribution in [2.45, 2.75) is 24.3 Å². The number of aliphatic imine (C=N–C) groups is 1. The zero-order valence-corrected chi connectivity index (χ0v) is 26.9. The van der Waals surface area contributed by atoms with Gasteiger partial charge in [-0.1, -0.05) is 39.7 Å². The van der Waals surface area contributed by atoms with E-state index in [-0.39, 0.29) is 31.3 Å². The molecule has 0 fully saturated rings. The number of aromatic nitrogens is 3. The van der Waals surface area contributed by atoms with E-state index in [0.29, 0.717) is 38.6 Å². The number of halogens is 1. The summed E-state index contributed by atoms with van der Waals surface area (Å²) in [5, 5.41) is 12.3. The van der Waals surface area contributed by atoms with Crippen molar-refractivity contribution >= 4 is 39.1 Å². The van der Waals surface area contributed by atoms with Crippen LogP contribution in [0.1, 0.15) is 45.6 Å². The molecular weight excluding hydrogens is 600 g/mol. The standard InChI is InChI=1S/C32H35ClN6O4S/c1-20-36-37-31-27(19-29(40)34-15-16-38(2)32(41)22-7-6-8-25(17-22)44(4,5)42)35-30(21-9-11-23(33)12-10-21)26-18-24(43-3)13-14-28(26)39(20)31/h6-14,17-18,27,44H,15-16,19H2,1-5H3,(H,34,40)/t27-/m0/s1. The summed E-state index contributed by atoms with van der Waals surface area (Å²) in [5.74, 6) is 1.41. The van der Waals surface area contributed by atoms with E-state index in [1.54, 1.807) is 63.1 Å². The Balaban J connectivity index is 1.36. The van der Waals surface area contributed by atoms with Gasteiger partial charge in [-0.25, -0.2) is 0 Å². The molecule has 0 aliphatic carbocycles. The predicted molar refractivity (Wildman–Crippen MR) is 173 cm³/mol. The van der Waals surface area contributed by atoms with Crippen LogP contribution in [0.2, 0.25) is 5.02 Å². The summed E-state index contributed by atoms with van der Waals surface area (Å²) < 4.78 is 19.9. The van der Waals surface area contributed by atoms with E-state index < -0.39 is 16.0 Å². The Morgan fingerprint density at radius 1 is 1.07 bits per heavy atom. The molecule has 10 nitrogen and oxygen atoms in total. The number of fused-ring (bicyclic) bond motifs is 3. The number of nitrogens with zero attached hydrogens (tertiary/aromatic N) is 5. The van der Waals surface area contributed by atoms with Crippen molar-refractivity contribution in [1.29, 1.82) is 0 Å². The van der Waals surface area contributed by atoms with E-state index in [2.05, 4.69) is 15.5 Å². The minimum atomic E-state index is -2.50. The highest BCUT2D eigenvalue weighted by Gasteiger charge is 2.30. The van der Waals surface area contributed by atoms with Gasteiger partial charge in [-0.15, -0.1) is 10.2 Å². The first-order chi connectivity index (χ1) is 21.0. The van der Waals surface area contributed by atoms with Gasteiger partial charge in [0.15, 0.2) is 5.82 Å². The van der Waals surface area contributed by atoms with Gasteiger partial charge in [0.05, 0.1) is 24.9 Å². The molecule has 3 aromatic carbocycles. The fraction of sp³-hybridized carbons (Fsp3) is 0.281. The third-order valence-corrected chi connectivity index (χ3v) is 9.23. The number of hydrogen-bond donors (Lipinski definition) is 2. The van der Waals surface area contributed by atoms with Gasteiger partial charge in [-0.05, 0) is 68.0 Å². The number of methoxy groups -OCH3 is 1. The number of likely N-dealkylation sites (N-methyl/N-ethyl adjacent to an activating group) is 1. The molecule has 0 spiro atoms. The molecule has 1 aromatic heterocycles. The summed E-state index contributed by atoms with van der Waals surface area (Å²) in [6.07, 6.45) is 3.36. The van der Waals surface area contributed by atoms with Gasteiger partial charge in [0, 0.05) is 46.7 Å². The average molecular weight is 635 g/mol. The van der Waals surface area contributed by atoms with Crippen molar-refractivity contribution in [1.82, 2.24) is 25.0 Å². The lowest BCUT2D eigenvalue weighted by Crippen LogP contribution is -2.36. The van der Waals surface area contributed by atoms with Crippen LogP contribution in [0, 0.1) is 6.92 Å². The van der Waals surface area contributed by atoms with Gasteiger partial charge in [-0.3, -0.25) is 23.4 Å². The van der Waals surface area contributed by atoms with Crippen LogP contribution < -0.4 is 10.1 Å². The lowest BCUT2D eigenvalue weighted by molar-refractivity contribution is -0.121. The summed E-state index contributed by atoms with van der Waals surface area (Å²) in [6, 6.07) is 19.3. The van der Waals surface area contributed by atoms with Crippen molar-refractivity contribution in [2.24, 2.45) is 4.99 Å². The lowest BCUT2D eigenvalue weighted by Gasteiger charge is -2.19. The van der Waals surface area contributed by atoms with E-state index in [9.17, 15) is 13.8 Å². The normalized spacial score (nSPS) is 14.5. The molecule has 0 bridgehead atoms. The van der Waals surface area contributed by atoms with E-state index in [4.69, 9.17) is 21.3 Å². The Morgan fingerprint density at radius 2 is 1.82 bits per heavy atom. The Morgan fingerprint density at radius 3 is 2.52 bits per heavy atom. The van der Waals surface area contributed by atoms with E-state index >= 15 is 0 Å². The smallest absolute Gasteiger partial charge is 0.253 e. The first-order valence-corrected chi connectivity index (χ1v) is 17.1. The van der Waals surface area contributed by atoms with Crippen molar-refractivity contribution in [3.63, 3.8) is 0 Å². The summed E-state index contributed by atoms with van der Waals surface area (Å²) in [4.78, 5) is 33.5. The van der Waals surface area contributed by atoms with Gasteiger partial charge in [0.1, 0.15) is 17.6 Å². The first kappa shape index (κ1) is 31.1. The summed E-state index contributed by atoms with van der Waals surface area (Å²) >= 11 is 6.18. The predicted octanol–water partition coefficient (Wildman–Crippen LogP) is 4.04. The lowest BCUT2D eigenvalue weighted by atomic mass is 10.00. The molecule has 1 N–H and O–H groups in total. The molecular formula is C32H35ClN6O4S. The second kappa shape index (κ2) is 12.7. The van der Waals surface area contributed by atoms with Crippen LogP contribution in [-0.2, 0) is 14.7 Å². The maximum atomic E-state index is 13.3. The molecule has 0 unspecified atom stereocenters. The molecule has 1 aliphatic rings. The highest BCUT2D eigenvalue weighted by atomic mass is 35.5. The Bertz CT molecular complexity index is 1800. The molecule has 2 amide bonds. The quantitative estimate of drug-likeness (QED) is 0.268. The van der Waals surface area contributed by atoms with Gasteiger partial charge in [-0.2, -0.15) is 0 Å². The maximum absolute atomic E-state index is 13.3. The average Bonchev–Trinajstić information content (AvgIpc) is 3.33. The maximum Gasteiger partial charge on any atom is 0.253 e. The molecule has 1 atom stereocenters. The highest BCUT2D eigenvalue weighted by Crippen LogP contribution is 2.34. The number of carbonyl (C=O) groups is 2. The zero-order chi connectivity index (χ0) is 31.6. The summed E-state index contributed by atoms with van der Waals surface area (Å²) in [6.45, 7) is 2.39. The van der Waals surface area contributed by atoms with E-state index in [0.717, 1.165) is 16.8 Å². The van der Waals surface area contributed by atoms with Gasteiger partial charge < -0.3 is 15.0 Å². The van der Waals surface area contributed by atoms with Crippen LogP contribution in [0.25, 0.3) is 5.69 Å². The van der Waals surface area contributed by atoms with Crippen molar-refractivity contribution in [3.05, 3.63) is 100 Å². The van der Waals surface area contributed by atoms with Crippen molar-refractivity contribution in [2.75, 3.05) is 39.8 Å². The highest BCUT2D eigenvalue weighted by molar-refractivity contribution is 8.01. The van der Waals surface area contributed by atoms with Gasteiger partial charge in [0.25, 0.3) is 5.91 Å². The molecule has 1 aliphatic heterocycles. The van der Waals surface area contributed by atoms with Crippen LogP contribution in [0.15, 0.2) is 76.6 Å². The SMILES string of the molecule is COc1ccc2c(c1)C(c1ccc(Cl)cc1)=N[C@@H](CC(=O)NCCN(C)C(=O)c1cccc([SH](C)(C)=O)c1)c1nnc(C)n1-2. The zero-order valence-electron chi connectivity index (χ0n) is 25.2. The third-order valence-electron chi connectivity index (χ3n) is 7.46. The largest absolute Gasteiger partial charge is 0.497 e. The Hall–Kier alpha value is -4.35. The first-order valence-electron chi connectivity index (χ1n) is 14.1. The second-order valence-corrected chi connectivity index (χ2v) is 14.7. The number of benzene rings is 3. The third kappa shape index (κ3) is 6.58. The van der Waals surface area contributed by atoms with Crippen molar-refractivity contribution < 1.29 is 18.5 Å². The van der Waals surface area contributed by atoms with Crippen LogP contribution in [0.3, 0.4) is 0 Å². The fourth-order valence-electron chi connectivity index (χ4n) is 5.08. The molecule has 2 heterocycles. The molecule has 4 aromatic rings. The van der Waals surface area contributed by atoms with Crippen LogP contribution in [0.4, 0.5) is 0 Å². The minimum absolute atomic E-state index is 0.0162. The van der Waals surface area contributed by atoms with Crippen LogP contribution in [-0.4, -0.2) is 81.2 Å². The number of carbonyl (C=O) groups excluding carboxylic acids is 2. The topological polar surface area (TPSA) is 119 Å². The fourth-order valence-corrected chi connectivity index (χ4v) is 6.10. The molecule has 44 heavy (non-hydrogen) atoms. The number of amides is 2. The number of thiol groups is 1. The van der Waals surface area contributed by atoms with Gasteiger partial charge >= 0.3 is 0 Å². The number of aryl methyl sites for hydroxylation is 1. The molecule has 12 heteroatoms. The van der Waals surface area contributed by atoms with Crippen LogP contribution >= 0.6 is 11.6 Å². The summed E-state index contributed by atoms with van der Waals surface area (Å²) in [5.41, 5.74) is 3.60. The molecule has 5 rings (SSSR count). The number of rotatable bonds is 9. The minimum Gasteiger partial charge on any atom is -0.497 e. The number of ether oxygens (including phenoxy) is 1. The number of nitrogens with one attached hydrogen (secondary N) is 1.